The molecular formula is C11H16N2O4S. The number of benzene rings is 1. The van der Waals surface area contributed by atoms with Gasteiger partial charge in [0.25, 0.3) is 0 Å². The molecule has 1 aromatic rings. The Bertz CT molecular complexity index is 487. The van der Waals surface area contributed by atoms with E-state index in [1.165, 1.54) is 6.92 Å². The number of nitrogens with one attached hydrogen (secondary N) is 1. The normalized spacial score (nSPS) is 12.8. The number of hydrogen-bond donors (Lipinski definition) is 2. The smallest absolute Gasteiger partial charge is 0.407 e. The van der Waals surface area contributed by atoms with Crippen molar-refractivity contribution in [2.24, 2.45) is 5.14 Å². The summed E-state index contributed by atoms with van der Waals surface area (Å²) in [5.41, 5.74) is 0.853. The Morgan fingerprint density at radius 2 is 2.00 bits per heavy atom. The highest BCUT2D eigenvalue weighted by Crippen LogP contribution is 2.00. The minimum Gasteiger partial charge on any atom is -0.445 e. The Labute approximate surface area is 106 Å². The SMILES string of the molecule is C[C@@H](CS(N)(=O)=O)NC(=O)OCc1ccccc1. The minimum atomic E-state index is -3.61. The quantitative estimate of drug-likeness (QED) is 0.819. The zero-order valence-electron chi connectivity index (χ0n) is 10.00. The van der Waals surface area contributed by atoms with E-state index in [-0.39, 0.29) is 12.4 Å². The van der Waals surface area contributed by atoms with E-state index in [9.17, 15) is 13.2 Å². The molecule has 0 bridgehead atoms. The van der Waals surface area contributed by atoms with Crippen LogP contribution in [-0.4, -0.2) is 26.3 Å². The largest absolute Gasteiger partial charge is 0.445 e. The highest BCUT2D eigenvalue weighted by molar-refractivity contribution is 7.89. The summed E-state index contributed by atoms with van der Waals surface area (Å²) in [5, 5.41) is 7.24. The third-order valence-corrected chi connectivity index (χ3v) is 3.02. The van der Waals surface area contributed by atoms with Gasteiger partial charge in [0.15, 0.2) is 0 Å². The molecule has 1 aromatic carbocycles. The minimum absolute atomic E-state index is 0.134. The van der Waals surface area contributed by atoms with Gasteiger partial charge in [0.05, 0.1) is 5.75 Å². The lowest BCUT2D eigenvalue weighted by atomic mass is 10.2. The first-order chi connectivity index (χ1) is 8.37. The van der Waals surface area contributed by atoms with E-state index in [1.54, 1.807) is 0 Å². The van der Waals surface area contributed by atoms with E-state index in [0.29, 0.717) is 0 Å². The number of rotatable bonds is 5. The van der Waals surface area contributed by atoms with Crippen LogP contribution in [0, 0.1) is 0 Å². The van der Waals surface area contributed by atoms with Gasteiger partial charge in [-0.3, -0.25) is 0 Å². The van der Waals surface area contributed by atoms with Gasteiger partial charge in [-0.2, -0.15) is 0 Å². The molecule has 0 aliphatic rings. The summed E-state index contributed by atoms with van der Waals surface area (Å²) < 4.78 is 26.5. The van der Waals surface area contributed by atoms with Gasteiger partial charge in [-0.05, 0) is 12.5 Å². The van der Waals surface area contributed by atoms with Crippen molar-refractivity contribution in [2.75, 3.05) is 5.75 Å². The lowest BCUT2D eigenvalue weighted by Crippen LogP contribution is -2.39. The number of carbonyl (C=O) groups is 1. The number of ether oxygens (including phenoxy) is 1. The molecule has 1 amide bonds. The number of hydrogen-bond acceptors (Lipinski definition) is 4. The first-order valence-corrected chi connectivity index (χ1v) is 7.06. The molecule has 100 valence electrons. The van der Waals surface area contributed by atoms with Crippen molar-refractivity contribution < 1.29 is 17.9 Å². The Hall–Kier alpha value is -1.60. The number of primary sulfonamides is 1. The number of nitrogens with two attached hydrogens (primary N) is 1. The van der Waals surface area contributed by atoms with E-state index in [0.717, 1.165) is 5.56 Å². The summed E-state index contributed by atoms with van der Waals surface area (Å²) in [5.74, 6) is -0.326. The van der Waals surface area contributed by atoms with E-state index in [1.807, 2.05) is 30.3 Å². The van der Waals surface area contributed by atoms with Gasteiger partial charge in [0, 0.05) is 6.04 Å². The summed E-state index contributed by atoms with van der Waals surface area (Å²) in [6.07, 6.45) is -0.671. The van der Waals surface area contributed by atoms with Crippen LogP contribution in [0.3, 0.4) is 0 Å². The fraction of sp³-hybridized carbons (Fsp3) is 0.364. The van der Waals surface area contributed by atoms with Crippen molar-refractivity contribution in [3.63, 3.8) is 0 Å². The van der Waals surface area contributed by atoms with Crippen LogP contribution in [0.25, 0.3) is 0 Å². The standard InChI is InChI=1S/C11H16N2O4S/c1-9(8-18(12,15)16)13-11(14)17-7-10-5-3-2-4-6-10/h2-6,9H,7-8H2,1H3,(H,13,14)(H2,12,15,16)/t9-/m0/s1. The molecule has 0 heterocycles. The second-order valence-electron chi connectivity index (χ2n) is 3.94. The van der Waals surface area contributed by atoms with Crippen LogP contribution >= 0.6 is 0 Å². The molecule has 0 saturated carbocycles. The molecule has 0 fully saturated rings. The number of alkyl carbamates (subject to hydrolysis) is 1. The van der Waals surface area contributed by atoms with Crippen LogP contribution in [0.5, 0.6) is 0 Å². The van der Waals surface area contributed by atoms with E-state index < -0.39 is 22.2 Å². The third-order valence-electron chi connectivity index (χ3n) is 2.06. The van der Waals surface area contributed by atoms with Gasteiger partial charge in [-0.1, -0.05) is 30.3 Å². The molecule has 1 rings (SSSR count). The highest BCUT2D eigenvalue weighted by Gasteiger charge is 2.14. The average molecular weight is 272 g/mol. The summed E-state index contributed by atoms with van der Waals surface area (Å²) in [7, 11) is -3.61. The summed E-state index contributed by atoms with van der Waals surface area (Å²) in [4.78, 5) is 11.3. The van der Waals surface area contributed by atoms with Gasteiger partial charge < -0.3 is 10.1 Å². The Balaban J connectivity index is 2.34. The number of amides is 1. The maximum absolute atomic E-state index is 11.3. The van der Waals surface area contributed by atoms with Crippen molar-refractivity contribution in [2.45, 2.75) is 19.6 Å². The molecule has 0 unspecified atom stereocenters. The molecular weight excluding hydrogens is 256 g/mol. The first kappa shape index (κ1) is 14.5. The van der Waals surface area contributed by atoms with Crippen LogP contribution in [0.4, 0.5) is 4.79 Å². The summed E-state index contributed by atoms with van der Waals surface area (Å²) in [6.45, 7) is 1.67. The molecule has 0 aliphatic heterocycles. The third kappa shape index (κ3) is 6.21. The van der Waals surface area contributed by atoms with E-state index in [4.69, 9.17) is 9.88 Å². The lowest BCUT2D eigenvalue weighted by molar-refractivity contribution is 0.137. The Kier molecular flexibility index (Phi) is 5.11. The van der Waals surface area contributed by atoms with Crippen molar-refractivity contribution in [1.82, 2.24) is 5.32 Å². The van der Waals surface area contributed by atoms with Crippen molar-refractivity contribution in [3.8, 4) is 0 Å². The molecule has 18 heavy (non-hydrogen) atoms. The fourth-order valence-electron chi connectivity index (χ4n) is 1.36. The summed E-state index contributed by atoms with van der Waals surface area (Å²) >= 11 is 0. The highest BCUT2D eigenvalue weighted by atomic mass is 32.2. The molecule has 0 spiro atoms. The van der Waals surface area contributed by atoms with Crippen molar-refractivity contribution in [3.05, 3.63) is 35.9 Å². The van der Waals surface area contributed by atoms with Gasteiger partial charge >= 0.3 is 6.09 Å². The Morgan fingerprint density at radius 1 is 1.39 bits per heavy atom. The van der Waals surface area contributed by atoms with Gasteiger partial charge in [-0.25, -0.2) is 18.4 Å². The average Bonchev–Trinajstić information content (AvgIpc) is 2.25. The summed E-state index contributed by atoms with van der Waals surface area (Å²) in [6, 6.07) is 8.57. The van der Waals surface area contributed by atoms with Crippen LogP contribution in [-0.2, 0) is 21.4 Å². The zero-order chi connectivity index (χ0) is 13.6. The monoisotopic (exact) mass is 272 g/mol. The van der Waals surface area contributed by atoms with Gasteiger partial charge in [0.2, 0.25) is 10.0 Å². The zero-order valence-corrected chi connectivity index (χ0v) is 10.8. The van der Waals surface area contributed by atoms with Gasteiger partial charge in [-0.15, -0.1) is 0 Å². The second-order valence-corrected chi connectivity index (χ2v) is 5.60. The number of sulfonamides is 1. The topological polar surface area (TPSA) is 98.5 Å². The molecule has 0 saturated heterocycles. The van der Waals surface area contributed by atoms with E-state index >= 15 is 0 Å². The van der Waals surface area contributed by atoms with Crippen molar-refractivity contribution >= 4 is 16.1 Å². The molecule has 0 aromatic heterocycles. The van der Waals surface area contributed by atoms with Crippen LogP contribution in [0.15, 0.2) is 30.3 Å². The molecule has 7 heteroatoms. The Morgan fingerprint density at radius 3 is 2.56 bits per heavy atom. The molecule has 1 atom stereocenters. The number of carbonyl (C=O) groups excluding carboxylic acids is 1. The predicted molar refractivity (Wildman–Crippen MR) is 67.2 cm³/mol. The molecule has 3 N–H and O–H groups in total. The maximum atomic E-state index is 11.3. The molecule has 0 aliphatic carbocycles. The fourth-order valence-corrected chi connectivity index (χ4v) is 2.14. The van der Waals surface area contributed by atoms with Crippen LogP contribution in [0.1, 0.15) is 12.5 Å². The predicted octanol–water partition coefficient (Wildman–Crippen LogP) is 0.590. The van der Waals surface area contributed by atoms with Gasteiger partial charge in [0.1, 0.15) is 6.61 Å². The first-order valence-electron chi connectivity index (χ1n) is 5.34. The molecule has 6 nitrogen and oxygen atoms in total. The van der Waals surface area contributed by atoms with Crippen molar-refractivity contribution in [1.29, 1.82) is 0 Å². The lowest BCUT2D eigenvalue weighted by Gasteiger charge is -2.12. The van der Waals surface area contributed by atoms with Crippen LogP contribution in [0.2, 0.25) is 0 Å². The van der Waals surface area contributed by atoms with Crippen LogP contribution < -0.4 is 10.5 Å². The van der Waals surface area contributed by atoms with E-state index in [2.05, 4.69) is 5.32 Å². The second kappa shape index (κ2) is 6.36. The maximum Gasteiger partial charge on any atom is 0.407 e. The molecule has 0 radical (unpaired) electrons.